The summed E-state index contributed by atoms with van der Waals surface area (Å²) in [5.41, 5.74) is 0.803. The largest absolute Gasteiger partial charge is 0.371 e. The van der Waals surface area contributed by atoms with Gasteiger partial charge in [0, 0.05) is 17.5 Å². The molecule has 1 aromatic carbocycles. The van der Waals surface area contributed by atoms with Crippen molar-refractivity contribution in [3.8, 4) is 0 Å². The highest BCUT2D eigenvalue weighted by molar-refractivity contribution is 6.34. The molecule has 1 atom stereocenters. The van der Waals surface area contributed by atoms with Crippen molar-refractivity contribution in [2.24, 2.45) is 0 Å². The van der Waals surface area contributed by atoms with Gasteiger partial charge in [0.05, 0.1) is 23.6 Å². The third kappa shape index (κ3) is 1.85. The summed E-state index contributed by atoms with van der Waals surface area (Å²) in [4.78, 5) is 10.2. The van der Waals surface area contributed by atoms with Crippen molar-refractivity contribution < 1.29 is 9.66 Å². The summed E-state index contributed by atoms with van der Waals surface area (Å²) in [6.45, 7) is 1.35. The van der Waals surface area contributed by atoms with Crippen LogP contribution < -0.4 is 0 Å². The monoisotopic (exact) mass is 253 g/mol. The topological polar surface area (TPSA) is 73.5 Å². The zero-order valence-corrected chi connectivity index (χ0v) is 9.42. The fraction of sp³-hybridized carbons (Fsp3) is 0.300. The fourth-order valence-corrected chi connectivity index (χ4v) is 1.99. The molecule has 0 saturated carbocycles. The fourth-order valence-electron chi connectivity index (χ4n) is 1.75. The van der Waals surface area contributed by atoms with E-state index in [0.717, 1.165) is 12.1 Å². The molecule has 1 unspecified atom stereocenters. The first-order valence-corrected chi connectivity index (χ1v) is 5.45. The first-order chi connectivity index (χ1) is 8.15. The summed E-state index contributed by atoms with van der Waals surface area (Å²) in [5.74, 6) is 0. The number of hydrogen-bond donors (Lipinski definition) is 0. The Hall–Kier alpha value is -1.66. The van der Waals surface area contributed by atoms with Crippen LogP contribution in [0.15, 0.2) is 18.2 Å². The van der Waals surface area contributed by atoms with Crippen LogP contribution in [0.1, 0.15) is 0 Å². The quantitative estimate of drug-likeness (QED) is 0.476. The van der Waals surface area contributed by atoms with Gasteiger partial charge in [-0.3, -0.25) is 14.8 Å². The predicted molar refractivity (Wildman–Crippen MR) is 61.1 cm³/mol. The molecule has 0 bridgehead atoms. The normalized spacial score (nSPS) is 18.5. The summed E-state index contributed by atoms with van der Waals surface area (Å²) >= 11 is 5.96. The molecule has 1 fully saturated rings. The van der Waals surface area contributed by atoms with Crippen LogP contribution in [0, 0.1) is 10.1 Å². The Balaban J connectivity index is 2.10. The summed E-state index contributed by atoms with van der Waals surface area (Å²) in [7, 11) is 0. The molecule has 88 valence electrons. The minimum absolute atomic E-state index is 0.0154. The SMILES string of the molecule is O=[N+]([O-])c1ccc2c(c1)c(Cl)nn2CC1CO1. The summed E-state index contributed by atoms with van der Waals surface area (Å²) in [6.07, 6.45) is 0.185. The Bertz CT molecular complexity index is 606. The second-order valence-electron chi connectivity index (χ2n) is 3.89. The van der Waals surface area contributed by atoms with E-state index < -0.39 is 4.92 Å². The number of hydrogen-bond acceptors (Lipinski definition) is 4. The molecule has 0 spiro atoms. The third-order valence-electron chi connectivity index (χ3n) is 2.68. The number of ether oxygens (including phenoxy) is 1. The molecule has 17 heavy (non-hydrogen) atoms. The van der Waals surface area contributed by atoms with Crippen LogP contribution in [0.4, 0.5) is 5.69 Å². The van der Waals surface area contributed by atoms with Crippen molar-refractivity contribution in [2.45, 2.75) is 12.6 Å². The number of nitro groups is 1. The van der Waals surface area contributed by atoms with Gasteiger partial charge < -0.3 is 4.74 Å². The lowest BCUT2D eigenvalue weighted by Crippen LogP contribution is -2.05. The molecule has 3 rings (SSSR count). The van der Waals surface area contributed by atoms with E-state index in [0.29, 0.717) is 11.9 Å². The molecule has 7 heteroatoms. The number of epoxide rings is 1. The minimum atomic E-state index is -0.447. The molecule has 0 aliphatic carbocycles. The molecule has 2 heterocycles. The van der Waals surface area contributed by atoms with Crippen LogP contribution in [0.5, 0.6) is 0 Å². The lowest BCUT2D eigenvalue weighted by atomic mass is 10.2. The molecule has 1 aliphatic rings. The van der Waals surface area contributed by atoms with E-state index >= 15 is 0 Å². The van der Waals surface area contributed by atoms with Crippen LogP contribution in [0.25, 0.3) is 10.9 Å². The van der Waals surface area contributed by atoms with Crippen LogP contribution in [-0.4, -0.2) is 27.4 Å². The van der Waals surface area contributed by atoms with Gasteiger partial charge in [-0.25, -0.2) is 0 Å². The number of rotatable bonds is 3. The zero-order valence-electron chi connectivity index (χ0n) is 8.67. The lowest BCUT2D eigenvalue weighted by molar-refractivity contribution is -0.384. The van der Waals surface area contributed by atoms with Gasteiger partial charge >= 0.3 is 0 Å². The maximum absolute atomic E-state index is 10.7. The van der Waals surface area contributed by atoms with Gasteiger partial charge in [0.25, 0.3) is 5.69 Å². The van der Waals surface area contributed by atoms with E-state index in [1.165, 1.54) is 12.1 Å². The van der Waals surface area contributed by atoms with Crippen molar-refractivity contribution in [3.63, 3.8) is 0 Å². The Kier molecular flexibility index (Phi) is 2.27. The predicted octanol–water partition coefficient (Wildman–Crippen LogP) is 2.00. The van der Waals surface area contributed by atoms with Crippen molar-refractivity contribution in [1.82, 2.24) is 9.78 Å². The number of nitrogens with zero attached hydrogens (tertiary/aromatic N) is 3. The average Bonchev–Trinajstić information content (AvgIpc) is 3.05. The van der Waals surface area contributed by atoms with Crippen LogP contribution in [0.3, 0.4) is 0 Å². The Morgan fingerprint density at radius 1 is 1.65 bits per heavy atom. The number of nitro benzene ring substituents is 1. The van der Waals surface area contributed by atoms with Crippen molar-refractivity contribution in [2.75, 3.05) is 6.61 Å². The molecule has 2 aromatic rings. The van der Waals surface area contributed by atoms with Gasteiger partial charge in [-0.15, -0.1) is 0 Å². The van der Waals surface area contributed by atoms with Gasteiger partial charge in [-0.2, -0.15) is 5.10 Å². The molecule has 6 nitrogen and oxygen atoms in total. The number of non-ortho nitro benzene ring substituents is 1. The van der Waals surface area contributed by atoms with E-state index in [9.17, 15) is 10.1 Å². The lowest BCUT2D eigenvalue weighted by Gasteiger charge is -1.99. The van der Waals surface area contributed by atoms with Gasteiger partial charge in [0.15, 0.2) is 5.15 Å². The van der Waals surface area contributed by atoms with Gasteiger partial charge in [0.1, 0.15) is 6.10 Å². The highest BCUT2D eigenvalue weighted by atomic mass is 35.5. The van der Waals surface area contributed by atoms with E-state index in [1.807, 2.05) is 0 Å². The highest BCUT2D eigenvalue weighted by Gasteiger charge is 2.25. The molecular formula is C10H8ClN3O3. The van der Waals surface area contributed by atoms with E-state index in [-0.39, 0.29) is 16.9 Å². The standard InChI is InChI=1S/C10H8ClN3O3/c11-10-8-3-6(14(15)16)1-2-9(8)13(12-10)4-7-5-17-7/h1-3,7H,4-5H2. The zero-order chi connectivity index (χ0) is 12.0. The Morgan fingerprint density at radius 2 is 2.41 bits per heavy atom. The third-order valence-corrected chi connectivity index (χ3v) is 2.96. The Morgan fingerprint density at radius 3 is 3.06 bits per heavy atom. The first kappa shape index (κ1) is 10.5. The van der Waals surface area contributed by atoms with Gasteiger partial charge in [0.2, 0.25) is 0 Å². The van der Waals surface area contributed by atoms with Gasteiger partial charge in [-0.05, 0) is 6.07 Å². The molecule has 0 radical (unpaired) electrons. The van der Waals surface area contributed by atoms with E-state index in [2.05, 4.69) is 5.10 Å². The number of aromatic nitrogens is 2. The molecule has 0 N–H and O–H groups in total. The molecule has 1 aromatic heterocycles. The molecule has 0 amide bonds. The van der Waals surface area contributed by atoms with E-state index in [1.54, 1.807) is 10.7 Å². The smallest absolute Gasteiger partial charge is 0.270 e. The van der Waals surface area contributed by atoms with Crippen molar-refractivity contribution in [3.05, 3.63) is 33.5 Å². The summed E-state index contributed by atoms with van der Waals surface area (Å²) < 4.78 is 6.84. The minimum Gasteiger partial charge on any atom is -0.371 e. The summed E-state index contributed by atoms with van der Waals surface area (Å²) in [6, 6.07) is 4.55. The van der Waals surface area contributed by atoms with E-state index in [4.69, 9.17) is 16.3 Å². The molecular weight excluding hydrogens is 246 g/mol. The van der Waals surface area contributed by atoms with Crippen LogP contribution in [-0.2, 0) is 11.3 Å². The molecule has 1 saturated heterocycles. The van der Waals surface area contributed by atoms with Crippen molar-refractivity contribution >= 4 is 28.2 Å². The summed E-state index contributed by atoms with van der Waals surface area (Å²) in [5, 5.41) is 15.7. The van der Waals surface area contributed by atoms with Crippen LogP contribution >= 0.6 is 11.6 Å². The maximum Gasteiger partial charge on any atom is 0.270 e. The highest BCUT2D eigenvalue weighted by Crippen LogP contribution is 2.28. The Labute approximate surface area is 101 Å². The number of halogens is 1. The number of benzene rings is 1. The van der Waals surface area contributed by atoms with Crippen molar-refractivity contribution in [1.29, 1.82) is 0 Å². The first-order valence-electron chi connectivity index (χ1n) is 5.07. The second kappa shape index (κ2) is 3.68. The maximum atomic E-state index is 10.7. The second-order valence-corrected chi connectivity index (χ2v) is 4.24. The average molecular weight is 254 g/mol. The number of fused-ring (bicyclic) bond motifs is 1. The molecule has 1 aliphatic heterocycles. The van der Waals surface area contributed by atoms with Crippen LogP contribution in [0.2, 0.25) is 5.15 Å². The van der Waals surface area contributed by atoms with Gasteiger partial charge in [-0.1, -0.05) is 11.6 Å².